The molecule has 0 heterocycles. The highest BCUT2D eigenvalue weighted by Gasteiger charge is 2.09. The zero-order chi connectivity index (χ0) is 11.0. The molecule has 0 aromatic heterocycles. The molecule has 2 N–H and O–H groups in total. The number of terminal acetylenes is 1. The van der Waals surface area contributed by atoms with E-state index in [0.717, 1.165) is 0 Å². The van der Waals surface area contributed by atoms with E-state index in [0.29, 0.717) is 6.54 Å². The molecule has 0 saturated carbocycles. The Labute approximate surface area is 86.0 Å². The third-order valence-corrected chi connectivity index (χ3v) is 1.69. The zero-order valence-corrected chi connectivity index (χ0v) is 9.05. The molecule has 0 aliphatic carbocycles. The summed E-state index contributed by atoms with van der Waals surface area (Å²) in [6.45, 7) is 6.83. The van der Waals surface area contributed by atoms with E-state index >= 15 is 0 Å². The van der Waals surface area contributed by atoms with Crippen molar-refractivity contribution in [1.82, 2.24) is 10.6 Å². The molecule has 0 aromatic rings. The molecule has 0 saturated heterocycles. The summed E-state index contributed by atoms with van der Waals surface area (Å²) in [5.41, 5.74) is 1.23. The molecule has 0 fully saturated rings. The minimum absolute atomic E-state index is 0.0647. The average molecular weight is 194 g/mol. The first-order valence-electron chi connectivity index (χ1n) is 4.66. The Morgan fingerprint density at radius 3 is 2.71 bits per heavy atom. The van der Waals surface area contributed by atoms with Crippen molar-refractivity contribution >= 4 is 5.91 Å². The molecule has 0 radical (unpaired) electrons. The van der Waals surface area contributed by atoms with Crippen LogP contribution in [0.25, 0.3) is 0 Å². The van der Waals surface area contributed by atoms with Crippen LogP contribution in [-0.4, -0.2) is 25.0 Å². The maximum Gasteiger partial charge on any atom is 0.237 e. The van der Waals surface area contributed by atoms with Gasteiger partial charge in [0.2, 0.25) is 5.91 Å². The van der Waals surface area contributed by atoms with Crippen LogP contribution in [0.3, 0.4) is 0 Å². The van der Waals surface area contributed by atoms with Crippen molar-refractivity contribution in [2.45, 2.75) is 26.8 Å². The van der Waals surface area contributed by atoms with E-state index in [4.69, 9.17) is 6.42 Å². The van der Waals surface area contributed by atoms with Gasteiger partial charge in [-0.05, 0) is 20.8 Å². The topological polar surface area (TPSA) is 41.1 Å². The van der Waals surface area contributed by atoms with Crippen molar-refractivity contribution in [1.29, 1.82) is 0 Å². The summed E-state index contributed by atoms with van der Waals surface area (Å²) in [6, 6.07) is -0.209. The van der Waals surface area contributed by atoms with Crippen molar-refractivity contribution in [2.24, 2.45) is 0 Å². The van der Waals surface area contributed by atoms with Gasteiger partial charge in [-0.3, -0.25) is 4.79 Å². The molecule has 1 unspecified atom stereocenters. The van der Waals surface area contributed by atoms with Crippen LogP contribution in [0.4, 0.5) is 0 Å². The molecule has 3 nitrogen and oxygen atoms in total. The standard InChI is InChI=1S/C11H18N2O/c1-5-7-13-11(14)10(4)12-8-6-9(2)3/h1,6,10,12H,7-8H2,2-4H3,(H,13,14). The normalized spacial score (nSPS) is 11.3. The first-order valence-corrected chi connectivity index (χ1v) is 4.66. The van der Waals surface area contributed by atoms with Gasteiger partial charge in [-0.15, -0.1) is 6.42 Å². The fourth-order valence-corrected chi connectivity index (χ4v) is 0.824. The monoisotopic (exact) mass is 194 g/mol. The number of amides is 1. The Hall–Kier alpha value is -1.27. The van der Waals surface area contributed by atoms with Crippen LogP contribution >= 0.6 is 0 Å². The summed E-state index contributed by atoms with van der Waals surface area (Å²) in [4.78, 5) is 11.3. The summed E-state index contributed by atoms with van der Waals surface area (Å²) >= 11 is 0. The van der Waals surface area contributed by atoms with Crippen LogP contribution in [0.1, 0.15) is 20.8 Å². The molecule has 0 aliphatic heterocycles. The fraction of sp³-hybridized carbons (Fsp3) is 0.545. The van der Waals surface area contributed by atoms with Gasteiger partial charge in [-0.25, -0.2) is 0 Å². The third kappa shape index (κ3) is 6.27. The SMILES string of the molecule is C#CCNC(=O)C(C)NCC=C(C)C. The fourth-order valence-electron chi connectivity index (χ4n) is 0.824. The second-order valence-electron chi connectivity index (χ2n) is 3.33. The molecular weight excluding hydrogens is 176 g/mol. The average Bonchev–Trinajstić information content (AvgIpc) is 2.13. The molecular formula is C11H18N2O. The largest absolute Gasteiger partial charge is 0.344 e. The number of hydrogen-bond donors (Lipinski definition) is 2. The Kier molecular flexibility index (Phi) is 6.51. The molecule has 0 bridgehead atoms. The number of nitrogens with one attached hydrogen (secondary N) is 2. The van der Waals surface area contributed by atoms with E-state index in [1.165, 1.54) is 5.57 Å². The van der Waals surface area contributed by atoms with Crippen LogP contribution in [0.5, 0.6) is 0 Å². The van der Waals surface area contributed by atoms with Crippen molar-refractivity contribution in [3.05, 3.63) is 11.6 Å². The van der Waals surface area contributed by atoms with Gasteiger partial charge in [-0.2, -0.15) is 0 Å². The number of carbonyl (C=O) groups is 1. The number of rotatable bonds is 5. The Balaban J connectivity index is 3.74. The van der Waals surface area contributed by atoms with Gasteiger partial charge in [-0.1, -0.05) is 17.6 Å². The van der Waals surface area contributed by atoms with E-state index < -0.39 is 0 Å². The molecule has 1 amide bonds. The van der Waals surface area contributed by atoms with E-state index in [9.17, 15) is 4.79 Å². The van der Waals surface area contributed by atoms with Gasteiger partial charge in [0.25, 0.3) is 0 Å². The molecule has 0 spiro atoms. The number of carbonyl (C=O) groups excluding carboxylic acids is 1. The molecule has 0 aliphatic rings. The molecule has 0 aromatic carbocycles. The zero-order valence-electron chi connectivity index (χ0n) is 9.05. The highest BCUT2D eigenvalue weighted by atomic mass is 16.2. The van der Waals surface area contributed by atoms with Crippen LogP contribution in [-0.2, 0) is 4.79 Å². The summed E-state index contributed by atoms with van der Waals surface area (Å²) in [5.74, 6) is 2.29. The molecule has 3 heteroatoms. The lowest BCUT2D eigenvalue weighted by Crippen LogP contribution is -2.42. The minimum atomic E-state index is -0.209. The lowest BCUT2D eigenvalue weighted by molar-refractivity contribution is -0.122. The maximum atomic E-state index is 11.3. The van der Waals surface area contributed by atoms with Gasteiger partial charge < -0.3 is 10.6 Å². The Morgan fingerprint density at radius 1 is 1.57 bits per heavy atom. The van der Waals surface area contributed by atoms with Crippen LogP contribution in [0, 0.1) is 12.3 Å². The number of hydrogen-bond acceptors (Lipinski definition) is 2. The predicted octanol–water partition coefficient (Wildman–Crippen LogP) is 0.680. The molecule has 78 valence electrons. The highest BCUT2D eigenvalue weighted by molar-refractivity contribution is 5.81. The first kappa shape index (κ1) is 12.7. The lowest BCUT2D eigenvalue weighted by atomic mass is 10.3. The van der Waals surface area contributed by atoms with Crippen LogP contribution < -0.4 is 10.6 Å². The van der Waals surface area contributed by atoms with Crippen molar-refractivity contribution in [3.63, 3.8) is 0 Å². The summed E-state index contributed by atoms with van der Waals surface area (Å²) < 4.78 is 0. The first-order chi connectivity index (χ1) is 6.57. The summed E-state index contributed by atoms with van der Waals surface area (Å²) in [7, 11) is 0. The number of allylic oxidation sites excluding steroid dienone is 1. The minimum Gasteiger partial charge on any atom is -0.344 e. The van der Waals surface area contributed by atoms with Crippen LogP contribution in [0.2, 0.25) is 0 Å². The van der Waals surface area contributed by atoms with Gasteiger partial charge in [0.1, 0.15) is 0 Å². The summed E-state index contributed by atoms with van der Waals surface area (Å²) in [5, 5.41) is 5.68. The van der Waals surface area contributed by atoms with E-state index in [1.807, 2.05) is 26.8 Å². The maximum absolute atomic E-state index is 11.3. The molecule has 14 heavy (non-hydrogen) atoms. The second kappa shape index (κ2) is 7.16. The highest BCUT2D eigenvalue weighted by Crippen LogP contribution is 1.87. The van der Waals surface area contributed by atoms with Crippen molar-refractivity contribution < 1.29 is 4.79 Å². The van der Waals surface area contributed by atoms with Gasteiger partial charge >= 0.3 is 0 Å². The second-order valence-corrected chi connectivity index (χ2v) is 3.33. The van der Waals surface area contributed by atoms with Crippen molar-refractivity contribution in [2.75, 3.05) is 13.1 Å². The van der Waals surface area contributed by atoms with Crippen LogP contribution in [0.15, 0.2) is 11.6 Å². The summed E-state index contributed by atoms with van der Waals surface area (Å²) in [6.07, 6.45) is 7.05. The van der Waals surface area contributed by atoms with E-state index in [2.05, 4.69) is 16.6 Å². The Morgan fingerprint density at radius 2 is 2.21 bits per heavy atom. The predicted molar refractivity (Wildman–Crippen MR) is 58.7 cm³/mol. The van der Waals surface area contributed by atoms with E-state index in [1.54, 1.807) is 0 Å². The lowest BCUT2D eigenvalue weighted by Gasteiger charge is -2.11. The molecule has 0 rings (SSSR count). The molecule has 1 atom stereocenters. The van der Waals surface area contributed by atoms with Gasteiger partial charge in [0, 0.05) is 6.54 Å². The van der Waals surface area contributed by atoms with Gasteiger partial charge in [0.15, 0.2) is 0 Å². The van der Waals surface area contributed by atoms with Gasteiger partial charge in [0.05, 0.1) is 12.6 Å². The smallest absolute Gasteiger partial charge is 0.237 e. The third-order valence-electron chi connectivity index (χ3n) is 1.69. The van der Waals surface area contributed by atoms with E-state index in [-0.39, 0.29) is 18.5 Å². The van der Waals surface area contributed by atoms with Crippen molar-refractivity contribution in [3.8, 4) is 12.3 Å². The quantitative estimate of drug-likeness (QED) is 0.499. The Bertz CT molecular complexity index is 247.